The standard InChI is InChI=1S/C20H20F2N2O2.CH2O2/c1-14-20(26)23(10-9-15-5-3-2-4-6-15)13-19(25)24(14)12-16-7-8-17(21)18(22)11-16;2-1-3/h2-8,11,14H,9-10,12-13H2,1H3;1H,(H,2,3)/t14-;/m1./s1. The first-order chi connectivity index (χ1) is 13.9. The van der Waals surface area contributed by atoms with Crippen molar-refractivity contribution in [3.63, 3.8) is 0 Å². The first kappa shape index (κ1) is 22.0. The summed E-state index contributed by atoms with van der Waals surface area (Å²) in [7, 11) is 0. The molecule has 3 rings (SSSR count). The van der Waals surface area contributed by atoms with Crippen molar-refractivity contribution in [2.75, 3.05) is 13.1 Å². The van der Waals surface area contributed by atoms with Crippen LogP contribution in [0.15, 0.2) is 48.5 Å². The largest absolute Gasteiger partial charge is 0.483 e. The molecule has 1 aliphatic heterocycles. The van der Waals surface area contributed by atoms with Gasteiger partial charge in [0.2, 0.25) is 11.8 Å². The van der Waals surface area contributed by atoms with E-state index in [-0.39, 0.29) is 31.4 Å². The number of rotatable bonds is 5. The fourth-order valence-corrected chi connectivity index (χ4v) is 3.10. The van der Waals surface area contributed by atoms with Gasteiger partial charge in [-0.3, -0.25) is 14.4 Å². The molecule has 8 heteroatoms. The summed E-state index contributed by atoms with van der Waals surface area (Å²) in [5, 5.41) is 6.89. The fourth-order valence-electron chi connectivity index (χ4n) is 3.10. The summed E-state index contributed by atoms with van der Waals surface area (Å²) in [6, 6.07) is 12.6. The maximum atomic E-state index is 13.4. The molecule has 1 saturated heterocycles. The molecular formula is C21H22F2N2O4. The van der Waals surface area contributed by atoms with Gasteiger partial charge in [-0.1, -0.05) is 36.4 Å². The van der Waals surface area contributed by atoms with Crippen LogP contribution >= 0.6 is 0 Å². The molecule has 6 nitrogen and oxygen atoms in total. The molecule has 0 unspecified atom stereocenters. The number of hydrogen-bond donors (Lipinski definition) is 1. The Hall–Kier alpha value is -3.29. The normalized spacial score (nSPS) is 16.3. The zero-order valence-corrected chi connectivity index (χ0v) is 15.9. The summed E-state index contributed by atoms with van der Waals surface area (Å²) in [6.07, 6.45) is 0.676. The number of carbonyl (C=O) groups is 3. The SMILES string of the molecule is C[C@@H]1C(=O)N(CCc2ccccc2)CC(=O)N1Cc1ccc(F)c(F)c1.O=CO. The average Bonchev–Trinajstić information content (AvgIpc) is 2.71. The molecule has 2 aromatic rings. The van der Waals surface area contributed by atoms with E-state index in [1.165, 1.54) is 11.0 Å². The molecular weight excluding hydrogens is 382 g/mol. The highest BCUT2D eigenvalue weighted by atomic mass is 19.2. The second-order valence-electron chi connectivity index (χ2n) is 6.55. The molecule has 1 aliphatic rings. The molecule has 1 N–H and O–H groups in total. The summed E-state index contributed by atoms with van der Waals surface area (Å²) < 4.78 is 26.4. The lowest BCUT2D eigenvalue weighted by Crippen LogP contribution is -2.58. The number of piperazine rings is 1. The molecule has 0 aliphatic carbocycles. The molecule has 0 aromatic heterocycles. The van der Waals surface area contributed by atoms with Crippen LogP contribution in [-0.4, -0.2) is 52.3 Å². The summed E-state index contributed by atoms with van der Waals surface area (Å²) in [6.45, 7) is 1.96. The molecule has 1 heterocycles. The van der Waals surface area contributed by atoms with Crippen molar-refractivity contribution in [1.82, 2.24) is 9.80 Å². The van der Waals surface area contributed by atoms with Crippen LogP contribution in [0.3, 0.4) is 0 Å². The molecule has 2 aromatic carbocycles. The monoisotopic (exact) mass is 404 g/mol. The molecule has 0 radical (unpaired) electrons. The fraction of sp³-hybridized carbons (Fsp3) is 0.286. The Balaban J connectivity index is 0.000000941. The lowest BCUT2D eigenvalue weighted by molar-refractivity contribution is -0.155. The van der Waals surface area contributed by atoms with Gasteiger partial charge in [-0.2, -0.15) is 0 Å². The minimum Gasteiger partial charge on any atom is -0.483 e. The summed E-state index contributed by atoms with van der Waals surface area (Å²) in [5.74, 6) is -2.23. The Kier molecular flexibility index (Phi) is 7.82. The highest BCUT2D eigenvalue weighted by Crippen LogP contribution is 2.18. The number of benzene rings is 2. The van der Waals surface area contributed by atoms with E-state index in [4.69, 9.17) is 9.90 Å². The quantitative estimate of drug-likeness (QED) is 0.777. The Morgan fingerprint density at radius 1 is 1.07 bits per heavy atom. The van der Waals surface area contributed by atoms with Crippen molar-refractivity contribution >= 4 is 18.3 Å². The van der Waals surface area contributed by atoms with Gasteiger partial charge in [-0.05, 0) is 36.6 Å². The zero-order chi connectivity index (χ0) is 21.4. The van der Waals surface area contributed by atoms with Gasteiger partial charge >= 0.3 is 0 Å². The third-order valence-electron chi connectivity index (χ3n) is 4.63. The van der Waals surface area contributed by atoms with Crippen molar-refractivity contribution in [1.29, 1.82) is 0 Å². The highest BCUT2D eigenvalue weighted by molar-refractivity contribution is 5.94. The lowest BCUT2D eigenvalue weighted by Gasteiger charge is -2.38. The van der Waals surface area contributed by atoms with Gasteiger partial charge in [0.1, 0.15) is 6.04 Å². The van der Waals surface area contributed by atoms with E-state index in [1.54, 1.807) is 11.8 Å². The average molecular weight is 404 g/mol. The number of carboxylic acid groups (broad SMARTS) is 1. The number of amides is 2. The van der Waals surface area contributed by atoms with Crippen molar-refractivity contribution in [3.05, 3.63) is 71.3 Å². The second-order valence-corrected chi connectivity index (χ2v) is 6.55. The smallest absolute Gasteiger partial charge is 0.290 e. The number of hydrogen-bond acceptors (Lipinski definition) is 3. The first-order valence-electron chi connectivity index (χ1n) is 9.01. The van der Waals surface area contributed by atoms with Crippen molar-refractivity contribution < 1.29 is 28.3 Å². The third kappa shape index (κ3) is 5.84. The maximum Gasteiger partial charge on any atom is 0.290 e. The van der Waals surface area contributed by atoms with Gasteiger partial charge in [0, 0.05) is 13.1 Å². The molecule has 1 fully saturated rings. The minimum absolute atomic E-state index is 0.000314. The van der Waals surface area contributed by atoms with Gasteiger partial charge in [0.05, 0.1) is 6.54 Å². The molecule has 2 amide bonds. The van der Waals surface area contributed by atoms with Crippen LogP contribution in [0.4, 0.5) is 8.78 Å². The van der Waals surface area contributed by atoms with Gasteiger partial charge in [0.25, 0.3) is 6.47 Å². The molecule has 1 atom stereocenters. The lowest BCUT2D eigenvalue weighted by atomic mass is 10.1. The van der Waals surface area contributed by atoms with Crippen molar-refractivity contribution in [3.8, 4) is 0 Å². The number of nitrogens with zero attached hydrogens (tertiary/aromatic N) is 2. The first-order valence-corrected chi connectivity index (χ1v) is 9.01. The summed E-state index contributed by atoms with van der Waals surface area (Å²) >= 11 is 0. The van der Waals surface area contributed by atoms with Crippen molar-refractivity contribution in [2.24, 2.45) is 0 Å². The molecule has 29 heavy (non-hydrogen) atoms. The minimum atomic E-state index is -0.963. The Morgan fingerprint density at radius 2 is 1.72 bits per heavy atom. The van der Waals surface area contributed by atoms with Crippen LogP contribution < -0.4 is 0 Å². The summed E-state index contributed by atoms with van der Waals surface area (Å²) in [4.78, 5) is 36.4. The Morgan fingerprint density at radius 3 is 2.34 bits per heavy atom. The van der Waals surface area contributed by atoms with Gasteiger partial charge in [-0.15, -0.1) is 0 Å². The zero-order valence-electron chi connectivity index (χ0n) is 15.9. The van der Waals surface area contributed by atoms with Crippen LogP contribution in [0.1, 0.15) is 18.1 Å². The van der Waals surface area contributed by atoms with E-state index in [9.17, 15) is 18.4 Å². The molecule has 154 valence electrons. The van der Waals surface area contributed by atoms with Crippen LogP contribution in [-0.2, 0) is 27.3 Å². The van der Waals surface area contributed by atoms with E-state index < -0.39 is 17.7 Å². The van der Waals surface area contributed by atoms with Gasteiger partial charge in [0.15, 0.2) is 11.6 Å². The predicted octanol–water partition coefficient (Wildman–Crippen LogP) is 2.47. The van der Waals surface area contributed by atoms with E-state index >= 15 is 0 Å². The Bertz CT molecular complexity index is 861. The van der Waals surface area contributed by atoms with Gasteiger partial charge in [-0.25, -0.2) is 8.78 Å². The number of halogens is 2. The Labute approximate surface area is 167 Å². The topological polar surface area (TPSA) is 77.9 Å². The van der Waals surface area contributed by atoms with Crippen LogP contribution in [0.5, 0.6) is 0 Å². The molecule has 0 bridgehead atoms. The number of carbonyl (C=O) groups excluding carboxylic acids is 2. The van der Waals surface area contributed by atoms with Crippen LogP contribution in [0.2, 0.25) is 0 Å². The molecule has 0 saturated carbocycles. The van der Waals surface area contributed by atoms with E-state index in [0.717, 1.165) is 17.7 Å². The van der Waals surface area contributed by atoms with Crippen LogP contribution in [0.25, 0.3) is 0 Å². The van der Waals surface area contributed by atoms with E-state index in [2.05, 4.69) is 0 Å². The summed E-state index contributed by atoms with van der Waals surface area (Å²) in [5.41, 5.74) is 1.55. The maximum absolute atomic E-state index is 13.4. The second kappa shape index (κ2) is 10.3. The highest BCUT2D eigenvalue weighted by Gasteiger charge is 2.36. The van der Waals surface area contributed by atoms with E-state index in [1.807, 2.05) is 30.3 Å². The van der Waals surface area contributed by atoms with Crippen LogP contribution in [0, 0.1) is 11.6 Å². The van der Waals surface area contributed by atoms with Crippen molar-refractivity contribution in [2.45, 2.75) is 25.9 Å². The van der Waals surface area contributed by atoms with E-state index in [0.29, 0.717) is 18.5 Å². The molecule has 0 spiro atoms. The third-order valence-corrected chi connectivity index (χ3v) is 4.63. The predicted molar refractivity (Wildman–Crippen MR) is 102 cm³/mol. The van der Waals surface area contributed by atoms with Gasteiger partial charge < -0.3 is 14.9 Å².